The quantitative estimate of drug-likeness (QED) is 0.0430. The number of primary amides is 1. The van der Waals surface area contributed by atoms with Gasteiger partial charge in [0.1, 0.15) is 5.82 Å². The molecule has 1 saturated heterocycles. The molecule has 55 heavy (non-hydrogen) atoms. The van der Waals surface area contributed by atoms with Crippen LogP contribution in [0, 0.1) is 12.7 Å². The van der Waals surface area contributed by atoms with Gasteiger partial charge < -0.3 is 45.1 Å². The molecule has 310 valence electrons. The summed E-state index contributed by atoms with van der Waals surface area (Å²) in [5.41, 5.74) is 23.5. The summed E-state index contributed by atoms with van der Waals surface area (Å²) in [5.74, 6) is 5.36. The Balaban J connectivity index is 1.17. The summed E-state index contributed by atoms with van der Waals surface area (Å²) < 4.78 is 41.9. The predicted octanol–water partition coefficient (Wildman–Crippen LogP) is 2.64. The number of rotatable bonds is 31. The molecule has 0 saturated carbocycles. The van der Waals surface area contributed by atoms with Gasteiger partial charge in [0, 0.05) is 38.8 Å². The summed E-state index contributed by atoms with van der Waals surface area (Å²) in [6.45, 7) is 13.0. The highest BCUT2D eigenvalue weighted by Crippen LogP contribution is 2.26. The number of amides is 1. The molecule has 1 heterocycles. The van der Waals surface area contributed by atoms with Gasteiger partial charge in [-0.25, -0.2) is 10.2 Å². The summed E-state index contributed by atoms with van der Waals surface area (Å²) in [6.07, 6.45) is 6.61. The van der Waals surface area contributed by atoms with Gasteiger partial charge in [-0.2, -0.15) is 0 Å². The lowest BCUT2D eigenvalue weighted by Gasteiger charge is -2.27. The molecule has 0 spiro atoms. The van der Waals surface area contributed by atoms with Crippen molar-refractivity contribution in [3.63, 3.8) is 0 Å². The number of piperidine rings is 1. The lowest BCUT2D eigenvalue weighted by molar-refractivity contribution is -0.119. The average Bonchev–Trinajstić information content (AvgIpc) is 3.16. The number of hydrazine groups is 2. The zero-order valence-corrected chi connectivity index (χ0v) is 33.2. The van der Waals surface area contributed by atoms with E-state index in [2.05, 4.69) is 45.9 Å². The SMILES string of the molecule is Cc1ccc(-c2ccc(CNNCCCN(C)CCOCCOCCOC/C(N)=C/N(N)CCOCCOCCC(N)=O)c(CN3CCCCC3)c2)cc1F. The molecule has 0 aromatic heterocycles. The first-order chi connectivity index (χ1) is 26.7. The summed E-state index contributed by atoms with van der Waals surface area (Å²) >= 11 is 0. The smallest absolute Gasteiger partial charge is 0.219 e. The van der Waals surface area contributed by atoms with Crippen molar-refractivity contribution in [2.45, 2.75) is 52.1 Å². The van der Waals surface area contributed by atoms with Crippen LogP contribution in [0.3, 0.4) is 0 Å². The fraction of sp³-hybridized carbons (Fsp3) is 0.625. The Morgan fingerprint density at radius 3 is 2.15 bits per heavy atom. The minimum atomic E-state index is -0.390. The second kappa shape index (κ2) is 28.2. The van der Waals surface area contributed by atoms with E-state index in [1.807, 2.05) is 12.1 Å². The van der Waals surface area contributed by atoms with Crippen LogP contribution in [0.1, 0.15) is 48.8 Å². The minimum Gasteiger partial charge on any atom is -0.399 e. The van der Waals surface area contributed by atoms with E-state index in [0.717, 1.165) is 63.4 Å². The Hall–Kier alpha value is -3.22. The number of hydrogen-bond donors (Lipinski definition) is 5. The molecule has 0 atom stereocenters. The van der Waals surface area contributed by atoms with Crippen molar-refractivity contribution in [1.29, 1.82) is 0 Å². The number of halogens is 1. The van der Waals surface area contributed by atoms with Crippen molar-refractivity contribution >= 4 is 5.91 Å². The Labute approximate surface area is 327 Å². The number of benzene rings is 2. The number of nitrogens with two attached hydrogens (primary N) is 3. The number of likely N-dealkylation sites (N-methyl/N-ethyl adjacent to an activating group) is 1. The van der Waals surface area contributed by atoms with Crippen LogP contribution >= 0.6 is 0 Å². The van der Waals surface area contributed by atoms with E-state index in [0.29, 0.717) is 70.7 Å². The third-order valence-corrected chi connectivity index (χ3v) is 9.12. The number of nitrogens with one attached hydrogen (secondary N) is 2. The second-order valence-electron chi connectivity index (χ2n) is 13.9. The Kier molecular flexibility index (Phi) is 23.7. The van der Waals surface area contributed by atoms with Crippen molar-refractivity contribution in [2.24, 2.45) is 17.3 Å². The molecule has 15 heteroatoms. The van der Waals surface area contributed by atoms with Gasteiger partial charge in [0.2, 0.25) is 5.91 Å². The van der Waals surface area contributed by atoms with Crippen molar-refractivity contribution in [2.75, 3.05) is 112 Å². The van der Waals surface area contributed by atoms with E-state index in [1.165, 1.54) is 35.4 Å². The molecule has 1 fully saturated rings. The molecule has 14 nitrogen and oxygen atoms in total. The van der Waals surface area contributed by atoms with Crippen molar-refractivity contribution < 1.29 is 32.9 Å². The van der Waals surface area contributed by atoms with Crippen LogP contribution in [0.2, 0.25) is 0 Å². The highest BCUT2D eigenvalue weighted by atomic mass is 19.1. The highest BCUT2D eigenvalue weighted by molar-refractivity contribution is 5.73. The molecule has 1 aliphatic rings. The van der Waals surface area contributed by atoms with Gasteiger partial charge in [-0.1, -0.05) is 30.7 Å². The standard InChI is InChI=1S/C40H67FN8O6/c1-33-7-8-35(28-39(33)41)34-9-10-36(37(27-34)30-48-14-4-3-5-15-48)29-46-45-12-6-13-47(2)16-19-52-23-24-54-25-26-55-32-38(42)31-49(44)17-20-53-22-21-51-18-11-40(43)50/h7-10,27-28,31,45-46H,3-6,11-26,29-30,32,42,44H2,1-2H3,(H2,43,50)/b38-31-. The number of nitrogens with zero attached hydrogens (tertiary/aromatic N) is 3. The summed E-state index contributed by atoms with van der Waals surface area (Å²) in [5, 5.41) is 1.44. The third kappa shape index (κ3) is 21.0. The molecule has 3 rings (SSSR count). The molecule has 8 N–H and O–H groups in total. The van der Waals surface area contributed by atoms with Crippen LogP contribution < -0.4 is 28.2 Å². The predicted molar refractivity (Wildman–Crippen MR) is 214 cm³/mol. The molecule has 0 radical (unpaired) electrons. The maximum absolute atomic E-state index is 14.3. The number of carbonyl (C=O) groups excluding carboxylic acids is 1. The second-order valence-corrected chi connectivity index (χ2v) is 13.9. The first-order valence-electron chi connectivity index (χ1n) is 19.6. The van der Waals surface area contributed by atoms with Gasteiger partial charge in [-0.3, -0.25) is 20.5 Å². The van der Waals surface area contributed by atoms with Crippen LogP contribution in [0.5, 0.6) is 0 Å². The Morgan fingerprint density at radius 2 is 1.44 bits per heavy atom. The minimum absolute atomic E-state index is 0.166. The molecule has 1 aliphatic heterocycles. The van der Waals surface area contributed by atoms with Crippen molar-refractivity contribution in [3.05, 3.63) is 70.8 Å². The lowest BCUT2D eigenvalue weighted by Crippen LogP contribution is -2.35. The average molecular weight is 775 g/mol. The van der Waals surface area contributed by atoms with E-state index >= 15 is 0 Å². The summed E-state index contributed by atoms with van der Waals surface area (Å²) in [4.78, 5) is 15.4. The summed E-state index contributed by atoms with van der Waals surface area (Å²) in [7, 11) is 2.10. The van der Waals surface area contributed by atoms with Gasteiger partial charge in [-0.05, 0) is 92.8 Å². The van der Waals surface area contributed by atoms with Gasteiger partial charge in [0.25, 0.3) is 0 Å². The normalized spacial score (nSPS) is 13.9. The van der Waals surface area contributed by atoms with E-state index in [9.17, 15) is 9.18 Å². The number of ether oxygens (including phenoxy) is 5. The number of carbonyl (C=O) groups is 1. The Bertz CT molecular complexity index is 1380. The fourth-order valence-electron chi connectivity index (χ4n) is 5.88. The first kappa shape index (κ1) is 46.2. The van der Waals surface area contributed by atoms with Gasteiger partial charge in [0.15, 0.2) is 0 Å². The van der Waals surface area contributed by atoms with Crippen molar-refractivity contribution in [3.8, 4) is 11.1 Å². The van der Waals surface area contributed by atoms with Crippen LogP contribution in [-0.2, 0) is 41.6 Å². The zero-order valence-electron chi connectivity index (χ0n) is 33.2. The van der Waals surface area contributed by atoms with Gasteiger partial charge in [0.05, 0.1) is 78.3 Å². The molecular weight excluding hydrogens is 707 g/mol. The number of likely N-dealkylation sites (tertiary alicyclic amines) is 1. The maximum Gasteiger partial charge on any atom is 0.219 e. The highest BCUT2D eigenvalue weighted by Gasteiger charge is 2.14. The third-order valence-electron chi connectivity index (χ3n) is 9.12. The molecule has 0 aliphatic carbocycles. The number of aryl methyl sites for hydroxylation is 1. The zero-order chi connectivity index (χ0) is 39.5. The van der Waals surface area contributed by atoms with Crippen LogP contribution in [0.15, 0.2) is 48.3 Å². The summed E-state index contributed by atoms with van der Waals surface area (Å²) in [6, 6.07) is 12.0. The van der Waals surface area contributed by atoms with E-state index in [1.54, 1.807) is 19.2 Å². The maximum atomic E-state index is 14.3. The molecule has 0 unspecified atom stereocenters. The fourth-order valence-corrected chi connectivity index (χ4v) is 5.88. The number of hydrogen-bond acceptors (Lipinski definition) is 13. The first-order valence-corrected chi connectivity index (χ1v) is 19.6. The lowest BCUT2D eigenvalue weighted by atomic mass is 9.97. The van der Waals surface area contributed by atoms with Crippen LogP contribution in [0.4, 0.5) is 4.39 Å². The molecule has 2 aromatic rings. The monoisotopic (exact) mass is 775 g/mol. The molecule has 0 bridgehead atoms. The Morgan fingerprint density at radius 1 is 0.800 bits per heavy atom. The molecular formula is C40H67FN8O6. The largest absolute Gasteiger partial charge is 0.399 e. The van der Waals surface area contributed by atoms with Gasteiger partial charge in [-0.15, -0.1) is 0 Å². The van der Waals surface area contributed by atoms with E-state index in [4.69, 9.17) is 41.0 Å². The van der Waals surface area contributed by atoms with Crippen LogP contribution in [0.25, 0.3) is 11.1 Å². The van der Waals surface area contributed by atoms with E-state index in [-0.39, 0.29) is 31.4 Å². The molecule has 1 amide bonds. The molecule has 2 aromatic carbocycles. The van der Waals surface area contributed by atoms with Gasteiger partial charge >= 0.3 is 0 Å². The van der Waals surface area contributed by atoms with Crippen LogP contribution in [-0.4, -0.2) is 133 Å². The van der Waals surface area contributed by atoms with Crippen molar-refractivity contribution in [1.82, 2.24) is 25.7 Å². The topological polar surface area (TPSA) is 175 Å². The van der Waals surface area contributed by atoms with E-state index < -0.39 is 0 Å².